The van der Waals surface area contributed by atoms with E-state index in [-0.39, 0.29) is 11.6 Å². The van der Waals surface area contributed by atoms with Gasteiger partial charge in [-0.25, -0.2) is 4.39 Å². The Balaban J connectivity index is 1.88. The number of nitrogens with one attached hydrogen (secondary N) is 1. The predicted octanol–water partition coefficient (Wildman–Crippen LogP) is 4.81. The van der Waals surface area contributed by atoms with Crippen molar-refractivity contribution in [2.45, 2.75) is 19.8 Å². The van der Waals surface area contributed by atoms with E-state index in [0.29, 0.717) is 17.9 Å². The topological polar surface area (TPSA) is 38.3 Å². The van der Waals surface area contributed by atoms with Gasteiger partial charge in [-0.1, -0.05) is 19.4 Å². The minimum Gasteiger partial charge on any atom is -0.494 e. The van der Waals surface area contributed by atoms with Gasteiger partial charge in [0.05, 0.1) is 6.61 Å². The van der Waals surface area contributed by atoms with Crippen molar-refractivity contribution in [1.29, 1.82) is 0 Å². The fourth-order valence-electron chi connectivity index (χ4n) is 1.94. The number of hydrogen-bond acceptors (Lipinski definition) is 3. The van der Waals surface area contributed by atoms with E-state index in [1.807, 2.05) is 0 Å². The van der Waals surface area contributed by atoms with Crippen LogP contribution in [0.15, 0.2) is 60.8 Å². The summed E-state index contributed by atoms with van der Waals surface area (Å²) >= 11 is 0. The number of benzene rings is 2. The molecular formula is C19H20FNO2. The van der Waals surface area contributed by atoms with Crippen LogP contribution in [0, 0.1) is 5.82 Å². The number of carbonyl (C=O) groups is 1. The number of allylic oxidation sites excluding steroid dienone is 1. The highest BCUT2D eigenvalue weighted by Gasteiger charge is 2.02. The monoisotopic (exact) mass is 313 g/mol. The molecule has 0 amide bonds. The average molecular weight is 313 g/mol. The number of unbranched alkanes of at least 4 members (excludes halogenated alkanes) is 1. The standard InChI is InChI=1S/C19H20FNO2/c1-2-3-13-23-18-9-7-15(8-10-18)19(22)11-12-21-17-6-4-5-16(20)14-17/h4-12,14,21H,2-3,13H2,1H3/b12-11+. The van der Waals surface area contributed by atoms with Crippen molar-refractivity contribution in [2.75, 3.05) is 11.9 Å². The van der Waals surface area contributed by atoms with Gasteiger partial charge < -0.3 is 10.1 Å². The van der Waals surface area contributed by atoms with Gasteiger partial charge in [0, 0.05) is 23.5 Å². The van der Waals surface area contributed by atoms with E-state index in [9.17, 15) is 9.18 Å². The number of hydrogen-bond donors (Lipinski definition) is 1. The van der Waals surface area contributed by atoms with Crippen LogP contribution in [0.5, 0.6) is 5.75 Å². The van der Waals surface area contributed by atoms with E-state index in [4.69, 9.17) is 4.74 Å². The van der Waals surface area contributed by atoms with Crippen molar-refractivity contribution in [1.82, 2.24) is 0 Å². The summed E-state index contributed by atoms with van der Waals surface area (Å²) in [6.45, 7) is 2.79. The molecule has 4 heteroatoms. The Bertz CT molecular complexity index is 665. The maximum absolute atomic E-state index is 13.0. The molecule has 0 saturated heterocycles. The van der Waals surface area contributed by atoms with Crippen LogP contribution in [-0.2, 0) is 0 Å². The first-order chi connectivity index (χ1) is 11.2. The third kappa shape index (κ3) is 5.58. The molecule has 0 heterocycles. The first-order valence-corrected chi connectivity index (χ1v) is 7.65. The number of carbonyl (C=O) groups excluding carboxylic acids is 1. The molecule has 0 aliphatic heterocycles. The molecular weight excluding hydrogens is 293 g/mol. The van der Waals surface area contributed by atoms with Crippen LogP contribution < -0.4 is 10.1 Å². The van der Waals surface area contributed by atoms with Gasteiger partial charge in [-0.15, -0.1) is 0 Å². The summed E-state index contributed by atoms with van der Waals surface area (Å²) in [4.78, 5) is 12.0. The van der Waals surface area contributed by atoms with Crippen molar-refractivity contribution in [3.05, 3.63) is 72.2 Å². The predicted molar refractivity (Wildman–Crippen MR) is 90.3 cm³/mol. The van der Waals surface area contributed by atoms with E-state index in [1.54, 1.807) is 36.4 Å². The normalized spacial score (nSPS) is 10.7. The van der Waals surface area contributed by atoms with Crippen molar-refractivity contribution >= 4 is 11.5 Å². The van der Waals surface area contributed by atoms with Gasteiger partial charge in [-0.3, -0.25) is 4.79 Å². The fraction of sp³-hybridized carbons (Fsp3) is 0.211. The van der Waals surface area contributed by atoms with Gasteiger partial charge >= 0.3 is 0 Å². The Morgan fingerprint density at radius 2 is 2.00 bits per heavy atom. The van der Waals surface area contributed by atoms with Crippen molar-refractivity contribution in [3.8, 4) is 5.75 Å². The molecule has 2 rings (SSSR count). The lowest BCUT2D eigenvalue weighted by atomic mass is 10.1. The smallest absolute Gasteiger partial charge is 0.187 e. The molecule has 120 valence electrons. The molecule has 0 aliphatic rings. The molecule has 0 fully saturated rings. The zero-order valence-corrected chi connectivity index (χ0v) is 13.1. The molecule has 0 saturated carbocycles. The van der Waals surface area contributed by atoms with Crippen LogP contribution in [0.3, 0.4) is 0 Å². The Labute approximate surface area is 135 Å². The van der Waals surface area contributed by atoms with Gasteiger partial charge in [0.1, 0.15) is 11.6 Å². The number of halogens is 1. The van der Waals surface area contributed by atoms with Crippen molar-refractivity contribution < 1.29 is 13.9 Å². The highest BCUT2D eigenvalue weighted by molar-refractivity contribution is 6.04. The van der Waals surface area contributed by atoms with Crippen molar-refractivity contribution in [2.24, 2.45) is 0 Å². The minimum absolute atomic E-state index is 0.131. The molecule has 0 bridgehead atoms. The lowest BCUT2D eigenvalue weighted by Gasteiger charge is -2.05. The SMILES string of the molecule is CCCCOc1ccc(C(=O)/C=C/Nc2cccc(F)c2)cc1. The molecule has 2 aromatic rings. The van der Waals surface area contributed by atoms with E-state index < -0.39 is 0 Å². The number of ether oxygens (including phenoxy) is 1. The molecule has 0 atom stereocenters. The molecule has 0 radical (unpaired) electrons. The zero-order chi connectivity index (χ0) is 16.5. The molecule has 0 spiro atoms. The third-order valence-corrected chi connectivity index (χ3v) is 3.21. The lowest BCUT2D eigenvalue weighted by Crippen LogP contribution is -1.99. The Kier molecular flexibility index (Phi) is 6.36. The Hall–Kier alpha value is -2.62. The molecule has 3 nitrogen and oxygen atoms in total. The number of rotatable bonds is 8. The second kappa shape index (κ2) is 8.73. The average Bonchev–Trinajstić information content (AvgIpc) is 2.56. The summed E-state index contributed by atoms with van der Waals surface area (Å²) in [6.07, 6.45) is 5.01. The maximum atomic E-state index is 13.0. The minimum atomic E-state index is -0.326. The molecule has 1 N–H and O–H groups in total. The zero-order valence-electron chi connectivity index (χ0n) is 13.1. The van der Waals surface area contributed by atoms with Crippen LogP contribution in [-0.4, -0.2) is 12.4 Å². The fourth-order valence-corrected chi connectivity index (χ4v) is 1.94. The van der Waals surface area contributed by atoms with E-state index >= 15 is 0 Å². The van der Waals surface area contributed by atoms with Crippen LogP contribution >= 0.6 is 0 Å². The van der Waals surface area contributed by atoms with Gasteiger partial charge in [0.25, 0.3) is 0 Å². The quantitative estimate of drug-likeness (QED) is 0.431. The molecule has 0 aliphatic carbocycles. The Morgan fingerprint density at radius 3 is 2.70 bits per heavy atom. The molecule has 0 aromatic heterocycles. The van der Waals surface area contributed by atoms with Crippen molar-refractivity contribution in [3.63, 3.8) is 0 Å². The first-order valence-electron chi connectivity index (χ1n) is 7.65. The summed E-state index contributed by atoms with van der Waals surface area (Å²) in [5, 5.41) is 2.87. The maximum Gasteiger partial charge on any atom is 0.187 e. The lowest BCUT2D eigenvalue weighted by molar-refractivity contribution is 0.104. The largest absolute Gasteiger partial charge is 0.494 e. The second-order valence-corrected chi connectivity index (χ2v) is 5.08. The highest BCUT2D eigenvalue weighted by Crippen LogP contribution is 2.14. The summed E-state index contributed by atoms with van der Waals surface area (Å²) in [6, 6.07) is 13.1. The van der Waals surface area contributed by atoms with Crippen LogP contribution in [0.4, 0.5) is 10.1 Å². The Morgan fingerprint density at radius 1 is 1.22 bits per heavy atom. The molecule has 23 heavy (non-hydrogen) atoms. The van der Waals surface area contributed by atoms with E-state index in [0.717, 1.165) is 18.6 Å². The highest BCUT2D eigenvalue weighted by atomic mass is 19.1. The number of ketones is 1. The summed E-state index contributed by atoms with van der Waals surface area (Å²) in [5.74, 6) is 0.305. The molecule has 2 aromatic carbocycles. The number of anilines is 1. The van der Waals surface area contributed by atoms with Gasteiger partial charge in [-0.05, 0) is 48.9 Å². The van der Waals surface area contributed by atoms with E-state index in [1.165, 1.54) is 24.4 Å². The summed E-state index contributed by atoms with van der Waals surface area (Å²) in [5.41, 5.74) is 1.17. The summed E-state index contributed by atoms with van der Waals surface area (Å²) < 4.78 is 18.6. The third-order valence-electron chi connectivity index (χ3n) is 3.21. The van der Waals surface area contributed by atoms with Crippen LogP contribution in [0.25, 0.3) is 0 Å². The second-order valence-electron chi connectivity index (χ2n) is 5.08. The van der Waals surface area contributed by atoms with Gasteiger partial charge in [0.2, 0.25) is 0 Å². The van der Waals surface area contributed by atoms with Crippen LogP contribution in [0.2, 0.25) is 0 Å². The summed E-state index contributed by atoms with van der Waals surface area (Å²) in [7, 11) is 0. The molecule has 0 unspecified atom stereocenters. The first kappa shape index (κ1) is 16.7. The van der Waals surface area contributed by atoms with E-state index in [2.05, 4.69) is 12.2 Å². The van der Waals surface area contributed by atoms with Gasteiger partial charge in [-0.2, -0.15) is 0 Å². The van der Waals surface area contributed by atoms with Gasteiger partial charge in [0.15, 0.2) is 5.78 Å². The van der Waals surface area contributed by atoms with Crippen LogP contribution in [0.1, 0.15) is 30.1 Å².